The minimum absolute atomic E-state index is 0.00734. The second kappa shape index (κ2) is 6.46. The van der Waals surface area contributed by atoms with Crippen molar-refractivity contribution in [2.45, 2.75) is 18.3 Å². The average molecular weight is 333 g/mol. The maximum Gasteiger partial charge on any atom is 0.287 e. The highest BCUT2D eigenvalue weighted by atomic mass is 35.5. The lowest BCUT2D eigenvalue weighted by Crippen LogP contribution is -2.39. The van der Waals surface area contributed by atoms with Gasteiger partial charge in [0.2, 0.25) is 5.91 Å². The van der Waals surface area contributed by atoms with E-state index in [0.29, 0.717) is 18.1 Å². The van der Waals surface area contributed by atoms with Gasteiger partial charge in [-0.3, -0.25) is 9.59 Å². The zero-order valence-electron chi connectivity index (χ0n) is 12.5. The van der Waals surface area contributed by atoms with Gasteiger partial charge in [-0.05, 0) is 42.7 Å². The zero-order valence-corrected chi connectivity index (χ0v) is 13.2. The van der Waals surface area contributed by atoms with Crippen LogP contribution >= 0.6 is 11.6 Å². The average Bonchev–Trinajstić information content (AvgIpc) is 3.18. The highest BCUT2D eigenvalue weighted by Crippen LogP contribution is 2.48. The van der Waals surface area contributed by atoms with Crippen molar-refractivity contribution in [2.75, 3.05) is 13.1 Å². The van der Waals surface area contributed by atoms with Crippen LogP contribution < -0.4 is 10.6 Å². The molecule has 1 fully saturated rings. The van der Waals surface area contributed by atoms with E-state index < -0.39 is 5.41 Å². The summed E-state index contributed by atoms with van der Waals surface area (Å²) in [5, 5.41) is 6.23. The van der Waals surface area contributed by atoms with E-state index in [4.69, 9.17) is 16.0 Å². The smallest absolute Gasteiger partial charge is 0.287 e. The summed E-state index contributed by atoms with van der Waals surface area (Å²) in [5.74, 6) is -0.0358. The maximum atomic E-state index is 12.4. The van der Waals surface area contributed by atoms with Gasteiger partial charge >= 0.3 is 0 Å². The topological polar surface area (TPSA) is 71.3 Å². The van der Waals surface area contributed by atoms with Crippen LogP contribution in [0.4, 0.5) is 0 Å². The summed E-state index contributed by atoms with van der Waals surface area (Å²) in [6, 6.07) is 10.6. The molecule has 1 aliphatic rings. The van der Waals surface area contributed by atoms with E-state index in [1.165, 1.54) is 6.26 Å². The van der Waals surface area contributed by atoms with Gasteiger partial charge in [0.25, 0.3) is 5.91 Å². The zero-order chi connectivity index (χ0) is 16.3. The fourth-order valence-corrected chi connectivity index (χ4v) is 2.68. The van der Waals surface area contributed by atoms with Gasteiger partial charge in [0.05, 0.1) is 11.7 Å². The summed E-state index contributed by atoms with van der Waals surface area (Å²) in [7, 11) is 0. The maximum absolute atomic E-state index is 12.4. The molecular weight excluding hydrogens is 316 g/mol. The van der Waals surface area contributed by atoms with Crippen molar-refractivity contribution in [1.82, 2.24) is 10.6 Å². The van der Waals surface area contributed by atoms with E-state index in [-0.39, 0.29) is 17.6 Å². The van der Waals surface area contributed by atoms with Crippen molar-refractivity contribution in [3.63, 3.8) is 0 Å². The highest BCUT2D eigenvalue weighted by Gasteiger charge is 2.50. The van der Waals surface area contributed by atoms with E-state index in [9.17, 15) is 9.59 Å². The first-order chi connectivity index (χ1) is 11.1. The number of hydrogen-bond donors (Lipinski definition) is 2. The SMILES string of the molecule is O=C(NCCNC(=O)C1(c2ccc(Cl)cc2)CC1)c1ccco1. The quantitative estimate of drug-likeness (QED) is 0.798. The molecule has 1 heterocycles. The molecule has 120 valence electrons. The summed E-state index contributed by atoms with van der Waals surface area (Å²) in [6.45, 7) is 0.725. The summed E-state index contributed by atoms with van der Waals surface area (Å²) >= 11 is 5.89. The molecule has 2 N–H and O–H groups in total. The Labute approximate surface area is 139 Å². The molecular formula is C17H17ClN2O3. The summed E-state index contributed by atoms with van der Waals surface area (Å²) in [6.07, 6.45) is 3.11. The predicted molar refractivity (Wildman–Crippen MR) is 86.4 cm³/mol. The first kappa shape index (κ1) is 15.6. The van der Waals surface area contributed by atoms with Gasteiger partial charge in [-0.15, -0.1) is 0 Å². The van der Waals surface area contributed by atoms with Crippen molar-refractivity contribution in [3.05, 3.63) is 59.0 Å². The predicted octanol–water partition coefficient (Wildman–Crippen LogP) is 2.51. The van der Waals surface area contributed by atoms with Crippen molar-refractivity contribution >= 4 is 23.4 Å². The summed E-state index contributed by atoms with van der Waals surface area (Å²) < 4.78 is 4.99. The molecule has 0 unspecified atom stereocenters. The van der Waals surface area contributed by atoms with Gasteiger partial charge < -0.3 is 15.1 Å². The standard InChI is InChI=1S/C17H17ClN2O3/c18-13-5-3-12(4-6-13)17(7-8-17)16(22)20-10-9-19-15(21)14-2-1-11-23-14/h1-6,11H,7-10H2,(H,19,21)(H,20,22). The number of furan rings is 1. The lowest BCUT2D eigenvalue weighted by molar-refractivity contribution is -0.123. The Bertz CT molecular complexity index is 691. The molecule has 5 nitrogen and oxygen atoms in total. The second-order valence-corrected chi connectivity index (χ2v) is 6.01. The van der Waals surface area contributed by atoms with Crippen LogP contribution in [0.25, 0.3) is 0 Å². The van der Waals surface area contributed by atoms with Crippen molar-refractivity contribution in [2.24, 2.45) is 0 Å². The van der Waals surface area contributed by atoms with Crippen LogP contribution in [0, 0.1) is 0 Å². The molecule has 0 radical (unpaired) electrons. The normalized spacial score (nSPS) is 15.0. The van der Waals surface area contributed by atoms with Crippen LogP contribution in [-0.4, -0.2) is 24.9 Å². The van der Waals surface area contributed by atoms with Crippen molar-refractivity contribution < 1.29 is 14.0 Å². The second-order valence-electron chi connectivity index (χ2n) is 5.58. The number of carbonyl (C=O) groups excluding carboxylic acids is 2. The Balaban J connectivity index is 1.48. The third-order valence-corrected chi connectivity index (χ3v) is 4.27. The summed E-state index contributed by atoms with van der Waals surface area (Å²) in [4.78, 5) is 24.1. The number of rotatable bonds is 6. The highest BCUT2D eigenvalue weighted by molar-refractivity contribution is 6.30. The van der Waals surface area contributed by atoms with E-state index in [0.717, 1.165) is 18.4 Å². The summed E-state index contributed by atoms with van der Waals surface area (Å²) in [5.41, 5.74) is 0.550. The molecule has 3 rings (SSSR count). The molecule has 2 aromatic rings. The Morgan fingerprint density at radius 2 is 1.78 bits per heavy atom. The fourth-order valence-electron chi connectivity index (χ4n) is 2.56. The third kappa shape index (κ3) is 3.40. The molecule has 1 aliphatic carbocycles. The molecule has 1 aromatic carbocycles. The van der Waals surface area contributed by atoms with Crippen LogP contribution in [0.15, 0.2) is 47.1 Å². The Morgan fingerprint density at radius 1 is 1.09 bits per heavy atom. The number of hydrogen-bond acceptors (Lipinski definition) is 3. The Morgan fingerprint density at radius 3 is 2.39 bits per heavy atom. The monoisotopic (exact) mass is 332 g/mol. The molecule has 0 bridgehead atoms. The number of halogens is 1. The first-order valence-corrected chi connectivity index (χ1v) is 7.86. The van der Waals surface area contributed by atoms with Gasteiger partial charge in [0.1, 0.15) is 0 Å². The van der Waals surface area contributed by atoms with Crippen LogP contribution in [0.3, 0.4) is 0 Å². The van der Waals surface area contributed by atoms with Gasteiger partial charge in [0, 0.05) is 18.1 Å². The fraction of sp³-hybridized carbons (Fsp3) is 0.294. The lowest BCUT2D eigenvalue weighted by atomic mass is 9.95. The van der Waals surface area contributed by atoms with Gasteiger partial charge in [0.15, 0.2) is 5.76 Å². The number of carbonyl (C=O) groups is 2. The van der Waals surface area contributed by atoms with Crippen LogP contribution in [-0.2, 0) is 10.2 Å². The van der Waals surface area contributed by atoms with Crippen molar-refractivity contribution in [1.29, 1.82) is 0 Å². The molecule has 6 heteroatoms. The van der Waals surface area contributed by atoms with Crippen molar-refractivity contribution in [3.8, 4) is 0 Å². The van der Waals surface area contributed by atoms with Crippen LogP contribution in [0.5, 0.6) is 0 Å². The largest absolute Gasteiger partial charge is 0.459 e. The Hall–Kier alpha value is -2.27. The van der Waals surface area contributed by atoms with E-state index in [1.54, 1.807) is 24.3 Å². The van der Waals surface area contributed by atoms with E-state index >= 15 is 0 Å². The van der Waals surface area contributed by atoms with Gasteiger partial charge in [-0.2, -0.15) is 0 Å². The lowest BCUT2D eigenvalue weighted by Gasteiger charge is -2.16. The van der Waals surface area contributed by atoms with Gasteiger partial charge in [-0.1, -0.05) is 23.7 Å². The number of benzene rings is 1. The van der Waals surface area contributed by atoms with E-state index in [2.05, 4.69) is 10.6 Å². The van der Waals surface area contributed by atoms with Gasteiger partial charge in [-0.25, -0.2) is 0 Å². The minimum Gasteiger partial charge on any atom is -0.459 e. The third-order valence-electron chi connectivity index (χ3n) is 4.02. The molecule has 0 saturated heterocycles. The molecule has 1 aromatic heterocycles. The molecule has 23 heavy (non-hydrogen) atoms. The Kier molecular flexibility index (Phi) is 4.39. The van der Waals surface area contributed by atoms with Crippen LogP contribution in [0.2, 0.25) is 5.02 Å². The van der Waals surface area contributed by atoms with Crippen LogP contribution in [0.1, 0.15) is 29.0 Å². The number of nitrogens with one attached hydrogen (secondary N) is 2. The molecule has 0 atom stereocenters. The minimum atomic E-state index is -0.435. The first-order valence-electron chi connectivity index (χ1n) is 7.48. The molecule has 2 amide bonds. The molecule has 0 aliphatic heterocycles. The van der Waals surface area contributed by atoms with E-state index in [1.807, 2.05) is 12.1 Å². The molecule has 1 saturated carbocycles. The molecule has 0 spiro atoms. The number of amides is 2.